The Morgan fingerprint density at radius 2 is 1.95 bits per heavy atom. The molecule has 4 nitrogen and oxygen atoms in total. The predicted octanol–water partition coefficient (Wildman–Crippen LogP) is 3.97. The predicted molar refractivity (Wildman–Crippen MR) is 85.6 cm³/mol. The van der Waals surface area contributed by atoms with Crippen LogP contribution in [0.25, 0.3) is 0 Å². The van der Waals surface area contributed by atoms with E-state index in [1.165, 1.54) is 0 Å². The molecule has 2 rings (SSSR count). The van der Waals surface area contributed by atoms with Crippen LogP contribution in [0, 0.1) is 11.3 Å². The zero-order valence-electron chi connectivity index (χ0n) is 11.6. The van der Waals surface area contributed by atoms with E-state index in [0.29, 0.717) is 12.3 Å². The molecule has 2 aromatic rings. The van der Waals surface area contributed by atoms with Gasteiger partial charge in [0.15, 0.2) is 6.61 Å². The van der Waals surface area contributed by atoms with Crippen LogP contribution in [-0.2, 0) is 6.54 Å². The maximum atomic E-state index is 8.45. The molecule has 0 saturated carbocycles. The Labute approximate surface area is 132 Å². The number of hydrogen-bond donors (Lipinski definition) is 1. The molecule has 0 saturated heterocycles. The third-order valence-electron chi connectivity index (χ3n) is 2.87. The number of hydrogen-bond acceptors (Lipinski definition) is 4. The number of nitrogens with zero attached hydrogens (tertiary/aromatic N) is 1. The summed E-state index contributed by atoms with van der Waals surface area (Å²) in [7, 11) is 1.65. The average molecular weight is 347 g/mol. The minimum absolute atomic E-state index is 0.0622. The Hall–Kier alpha value is -2.19. The van der Waals surface area contributed by atoms with Crippen molar-refractivity contribution < 1.29 is 9.47 Å². The monoisotopic (exact) mass is 346 g/mol. The summed E-state index contributed by atoms with van der Waals surface area (Å²) in [5, 5.41) is 11.8. The Morgan fingerprint density at radius 3 is 2.57 bits per heavy atom. The number of nitriles is 1. The lowest BCUT2D eigenvalue weighted by molar-refractivity contribution is 0.368. The van der Waals surface area contributed by atoms with Crippen LogP contribution in [0.5, 0.6) is 11.5 Å². The lowest BCUT2D eigenvalue weighted by Gasteiger charge is -2.09. The molecule has 0 atom stereocenters. The van der Waals surface area contributed by atoms with Crippen molar-refractivity contribution in [3.8, 4) is 17.6 Å². The van der Waals surface area contributed by atoms with Crippen molar-refractivity contribution in [2.45, 2.75) is 6.54 Å². The summed E-state index contributed by atoms with van der Waals surface area (Å²) in [6.45, 7) is 0.771. The third-order valence-corrected chi connectivity index (χ3v) is 3.49. The van der Waals surface area contributed by atoms with Crippen LogP contribution in [0.1, 0.15) is 5.56 Å². The molecule has 21 heavy (non-hydrogen) atoms. The van der Waals surface area contributed by atoms with Gasteiger partial charge in [-0.25, -0.2) is 0 Å². The van der Waals surface area contributed by atoms with Gasteiger partial charge >= 0.3 is 0 Å². The molecule has 108 valence electrons. The fraction of sp³-hybridized carbons (Fsp3) is 0.188. The van der Waals surface area contributed by atoms with Crippen LogP contribution in [0.15, 0.2) is 46.9 Å². The zero-order valence-corrected chi connectivity index (χ0v) is 13.2. The van der Waals surface area contributed by atoms with Gasteiger partial charge in [-0.2, -0.15) is 5.26 Å². The average Bonchev–Trinajstić information content (AvgIpc) is 2.52. The highest BCUT2D eigenvalue weighted by atomic mass is 79.9. The normalized spacial score (nSPS) is 9.76. The number of halogens is 1. The molecular weight excluding hydrogens is 332 g/mol. The molecule has 0 heterocycles. The highest BCUT2D eigenvalue weighted by Crippen LogP contribution is 2.26. The van der Waals surface area contributed by atoms with Crippen LogP contribution in [0.4, 0.5) is 5.69 Å². The van der Waals surface area contributed by atoms with E-state index in [-0.39, 0.29) is 6.61 Å². The molecule has 0 aliphatic carbocycles. The number of anilines is 1. The van der Waals surface area contributed by atoms with E-state index >= 15 is 0 Å². The Kier molecular flexibility index (Phi) is 5.47. The van der Waals surface area contributed by atoms with Crippen molar-refractivity contribution in [2.75, 3.05) is 19.0 Å². The van der Waals surface area contributed by atoms with E-state index in [0.717, 1.165) is 21.5 Å². The number of methoxy groups -OCH3 is 1. The fourth-order valence-electron chi connectivity index (χ4n) is 1.81. The molecule has 0 fully saturated rings. The number of ether oxygens (including phenoxy) is 2. The molecule has 0 amide bonds. The zero-order chi connectivity index (χ0) is 15.1. The Bertz CT molecular complexity index is 636. The van der Waals surface area contributed by atoms with Crippen LogP contribution in [0.3, 0.4) is 0 Å². The van der Waals surface area contributed by atoms with Gasteiger partial charge in [0.1, 0.15) is 17.6 Å². The van der Waals surface area contributed by atoms with Gasteiger partial charge in [-0.05, 0) is 57.9 Å². The first kappa shape index (κ1) is 15.2. The third kappa shape index (κ3) is 4.40. The summed E-state index contributed by atoms with van der Waals surface area (Å²) in [5.74, 6) is 1.51. The molecule has 2 aromatic carbocycles. The molecule has 0 aliphatic rings. The van der Waals surface area contributed by atoms with Gasteiger partial charge in [-0.1, -0.05) is 6.07 Å². The molecule has 0 spiro atoms. The summed E-state index contributed by atoms with van der Waals surface area (Å²) < 4.78 is 11.3. The van der Waals surface area contributed by atoms with Crippen LogP contribution >= 0.6 is 15.9 Å². The van der Waals surface area contributed by atoms with E-state index in [4.69, 9.17) is 14.7 Å². The van der Waals surface area contributed by atoms with E-state index in [1.54, 1.807) is 7.11 Å². The van der Waals surface area contributed by atoms with Gasteiger partial charge in [-0.3, -0.25) is 0 Å². The van der Waals surface area contributed by atoms with Gasteiger partial charge in [0.2, 0.25) is 0 Å². The molecule has 0 radical (unpaired) electrons. The lowest BCUT2D eigenvalue weighted by Crippen LogP contribution is -2.00. The van der Waals surface area contributed by atoms with E-state index in [9.17, 15) is 0 Å². The summed E-state index contributed by atoms with van der Waals surface area (Å²) in [4.78, 5) is 0. The first-order valence-corrected chi connectivity index (χ1v) is 7.18. The first-order valence-electron chi connectivity index (χ1n) is 6.39. The first-order chi connectivity index (χ1) is 10.2. The Morgan fingerprint density at radius 1 is 1.19 bits per heavy atom. The number of benzene rings is 2. The van der Waals surface area contributed by atoms with E-state index in [2.05, 4.69) is 21.2 Å². The molecular formula is C16H15BrN2O2. The second-order valence-electron chi connectivity index (χ2n) is 4.29. The van der Waals surface area contributed by atoms with Crippen molar-refractivity contribution in [3.05, 3.63) is 52.5 Å². The van der Waals surface area contributed by atoms with Gasteiger partial charge in [0.05, 0.1) is 11.6 Å². The highest BCUT2D eigenvalue weighted by molar-refractivity contribution is 9.10. The van der Waals surface area contributed by atoms with Crippen molar-refractivity contribution in [2.24, 2.45) is 0 Å². The van der Waals surface area contributed by atoms with Gasteiger partial charge < -0.3 is 14.8 Å². The molecule has 0 unspecified atom stereocenters. The van der Waals surface area contributed by atoms with Crippen molar-refractivity contribution in [1.29, 1.82) is 5.26 Å². The smallest absolute Gasteiger partial charge is 0.174 e. The van der Waals surface area contributed by atoms with Crippen LogP contribution in [-0.4, -0.2) is 13.7 Å². The highest BCUT2D eigenvalue weighted by Gasteiger charge is 2.01. The molecule has 0 bridgehead atoms. The minimum atomic E-state index is 0.0622. The minimum Gasteiger partial charge on any atom is -0.496 e. The van der Waals surface area contributed by atoms with Gasteiger partial charge in [0.25, 0.3) is 0 Å². The van der Waals surface area contributed by atoms with Crippen LogP contribution < -0.4 is 14.8 Å². The van der Waals surface area contributed by atoms with Crippen molar-refractivity contribution in [1.82, 2.24) is 0 Å². The summed E-state index contributed by atoms with van der Waals surface area (Å²) in [6.07, 6.45) is 0. The van der Waals surface area contributed by atoms with E-state index in [1.807, 2.05) is 48.5 Å². The van der Waals surface area contributed by atoms with Gasteiger partial charge in [0, 0.05) is 12.2 Å². The maximum absolute atomic E-state index is 8.45. The largest absolute Gasteiger partial charge is 0.496 e. The summed E-state index contributed by atoms with van der Waals surface area (Å²) in [6, 6.07) is 15.4. The quantitative estimate of drug-likeness (QED) is 0.859. The number of nitrogens with one attached hydrogen (secondary N) is 1. The van der Waals surface area contributed by atoms with Gasteiger partial charge in [-0.15, -0.1) is 0 Å². The van der Waals surface area contributed by atoms with E-state index < -0.39 is 0 Å². The molecule has 0 aliphatic heterocycles. The number of rotatable bonds is 6. The standard InChI is InChI=1S/C16H15BrN2O2/c1-20-16-7-2-12(10-15(16)17)11-19-13-3-5-14(6-4-13)21-9-8-18/h2-7,10,19H,9,11H2,1H3. The summed E-state index contributed by atoms with van der Waals surface area (Å²) >= 11 is 3.47. The molecule has 1 N–H and O–H groups in total. The topological polar surface area (TPSA) is 54.3 Å². The van der Waals surface area contributed by atoms with Crippen LogP contribution in [0.2, 0.25) is 0 Å². The maximum Gasteiger partial charge on any atom is 0.174 e. The van der Waals surface area contributed by atoms with Crippen molar-refractivity contribution in [3.63, 3.8) is 0 Å². The lowest BCUT2D eigenvalue weighted by atomic mass is 10.2. The fourth-order valence-corrected chi connectivity index (χ4v) is 2.40. The Balaban J connectivity index is 1.93. The van der Waals surface area contributed by atoms with Crippen molar-refractivity contribution >= 4 is 21.6 Å². The molecule has 0 aromatic heterocycles. The second-order valence-corrected chi connectivity index (χ2v) is 5.15. The molecule has 5 heteroatoms. The SMILES string of the molecule is COc1ccc(CNc2ccc(OCC#N)cc2)cc1Br. The summed E-state index contributed by atoms with van der Waals surface area (Å²) in [5.41, 5.74) is 2.14. The second kappa shape index (κ2) is 7.55.